The molecule has 0 aliphatic heterocycles. The molecule has 0 spiro atoms. The third-order valence-electron chi connectivity index (χ3n) is 2.24. The van der Waals surface area contributed by atoms with Crippen molar-refractivity contribution in [3.05, 3.63) is 23.0 Å². The molecule has 0 amide bonds. The minimum atomic E-state index is -0.837. The summed E-state index contributed by atoms with van der Waals surface area (Å²) in [7, 11) is 0. The van der Waals surface area contributed by atoms with Crippen molar-refractivity contribution in [3.8, 4) is 0 Å². The first kappa shape index (κ1) is 10.8. The highest BCUT2D eigenvalue weighted by Crippen LogP contribution is 2.16. The largest absolute Gasteiger partial charge is 0.477 e. The lowest BCUT2D eigenvalue weighted by atomic mass is 10.2. The molecule has 0 atom stereocenters. The number of hydrogen-bond donors (Lipinski definition) is 1. The maximum atomic E-state index is 11.0. The van der Waals surface area contributed by atoms with E-state index in [1.165, 1.54) is 0 Å². The first-order valence-electron chi connectivity index (χ1n) is 4.83. The predicted molar refractivity (Wildman–Crippen MR) is 55.7 cm³/mol. The number of aryl methyl sites for hydroxylation is 2. The van der Waals surface area contributed by atoms with E-state index >= 15 is 0 Å². The lowest BCUT2D eigenvalue weighted by Crippen LogP contribution is -2.14. The molecule has 1 aromatic rings. The molecule has 14 heavy (non-hydrogen) atoms. The van der Waals surface area contributed by atoms with Crippen LogP contribution in [0.25, 0.3) is 0 Å². The average molecular weight is 195 g/mol. The molecule has 0 aliphatic rings. The summed E-state index contributed by atoms with van der Waals surface area (Å²) in [5, 5.41) is 9.05. The first-order chi connectivity index (χ1) is 6.43. The van der Waals surface area contributed by atoms with Crippen LogP contribution >= 0.6 is 0 Å². The minimum Gasteiger partial charge on any atom is -0.477 e. The van der Waals surface area contributed by atoms with Gasteiger partial charge in [-0.05, 0) is 31.4 Å². The molecule has 0 aliphatic carbocycles. The lowest BCUT2D eigenvalue weighted by molar-refractivity contribution is 0.0683. The summed E-state index contributed by atoms with van der Waals surface area (Å²) in [6, 6.07) is 1.92. The monoisotopic (exact) mass is 195 g/mol. The molecule has 0 saturated heterocycles. The maximum absolute atomic E-state index is 11.0. The predicted octanol–water partition coefficient (Wildman–Crippen LogP) is 2.46. The van der Waals surface area contributed by atoms with Crippen molar-refractivity contribution >= 4 is 5.97 Å². The zero-order chi connectivity index (χ0) is 10.9. The molecule has 3 heteroatoms. The third kappa shape index (κ3) is 1.97. The summed E-state index contributed by atoms with van der Waals surface area (Å²) in [6.07, 6.45) is 0. The topological polar surface area (TPSA) is 42.2 Å². The molecule has 0 bridgehead atoms. The fraction of sp³-hybridized carbons (Fsp3) is 0.545. The van der Waals surface area contributed by atoms with Crippen LogP contribution in [-0.4, -0.2) is 15.6 Å². The van der Waals surface area contributed by atoms with Crippen LogP contribution in [0.4, 0.5) is 0 Å². The SMILES string of the molecule is Cc1cc(C)n(CC(C)C)c1C(=O)O. The highest BCUT2D eigenvalue weighted by molar-refractivity contribution is 5.87. The molecule has 0 saturated carbocycles. The van der Waals surface area contributed by atoms with E-state index in [1.807, 2.05) is 24.5 Å². The maximum Gasteiger partial charge on any atom is 0.352 e. The lowest BCUT2D eigenvalue weighted by Gasteiger charge is -2.11. The molecule has 1 N–H and O–H groups in total. The van der Waals surface area contributed by atoms with Crippen LogP contribution in [0, 0.1) is 19.8 Å². The van der Waals surface area contributed by atoms with Gasteiger partial charge >= 0.3 is 5.97 Å². The van der Waals surface area contributed by atoms with Crippen LogP contribution < -0.4 is 0 Å². The van der Waals surface area contributed by atoms with E-state index in [1.54, 1.807) is 0 Å². The number of aromatic nitrogens is 1. The van der Waals surface area contributed by atoms with Crippen molar-refractivity contribution in [2.45, 2.75) is 34.2 Å². The molecule has 1 heterocycles. The van der Waals surface area contributed by atoms with Gasteiger partial charge in [0.2, 0.25) is 0 Å². The minimum absolute atomic E-state index is 0.427. The summed E-state index contributed by atoms with van der Waals surface area (Å²) in [5.74, 6) is -0.380. The van der Waals surface area contributed by atoms with Gasteiger partial charge in [-0.1, -0.05) is 13.8 Å². The van der Waals surface area contributed by atoms with E-state index in [2.05, 4.69) is 13.8 Å². The van der Waals surface area contributed by atoms with Crippen molar-refractivity contribution in [1.82, 2.24) is 4.57 Å². The smallest absolute Gasteiger partial charge is 0.352 e. The summed E-state index contributed by atoms with van der Waals surface area (Å²) >= 11 is 0. The highest BCUT2D eigenvalue weighted by Gasteiger charge is 2.16. The fourth-order valence-corrected chi connectivity index (χ4v) is 1.73. The molecule has 1 aromatic heterocycles. The van der Waals surface area contributed by atoms with Gasteiger partial charge in [0.15, 0.2) is 0 Å². The Kier molecular flexibility index (Phi) is 2.99. The second-order valence-corrected chi connectivity index (χ2v) is 4.13. The summed E-state index contributed by atoms with van der Waals surface area (Å²) in [5.41, 5.74) is 2.29. The second-order valence-electron chi connectivity index (χ2n) is 4.13. The van der Waals surface area contributed by atoms with Gasteiger partial charge in [-0.3, -0.25) is 0 Å². The summed E-state index contributed by atoms with van der Waals surface area (Å²) in [6.45, 7) is 8.72. The van der Waals surface area contributed by atoms with Crippen molar-refractivity contribution in [2.24, 2.45) is 5.92 Å². The fourth-order valence-electron chi connectivity index (χ4n) is 1.73. The number of aromatic carboxylic acids is 1. The van der Waals surface area contributed by atoms with Gasteiger partial charge in [0.1, 0.15) is 5.69 Å². The number of hydrogen-bond acceptors (Lipinski definition) is 1. The number of rotatable bonds is 3. The Morgan fingerprint density at radius 3 is 2.50 bits per heavy atom. The number of nitrogens with zero attached hydrogens (tertiary/aromatic N) is 1. The van der Waals surface area contributed by atoms with E-state index < -0.39 is 5.97 Å². The van der Waals surface area contributed by atoms with Crippen molar-refractivity contribution in [2.75, 3.05) is 0 Å². The van der Waals surface area contributed by atoms with E-state index in [0.29, 0.717) is 11.6 Å². The van der Waals surface area contributed by atoms with Gasteiger partial charge < -0.3 is 9.67 Å². The Bertz CT molecular complexity index is 350. The van der Waals surface area contributed by atoms with Gasteiger partial charge in [-0.15, -0.1) is 0 Å². The van der Waals surface area contributed by atoms with Gasteiger partial charge in [0, 0.05) is 12.2 Å². The van der Waals surface area contributed by atoms with E-state index in [0.717, 1.165) is 17.8 Å². The van der Waals surface area contributed by atoms with Crippen LogP contribution in [0.3, 0.4) is 0 Å². The van der Waals surface area contributed by atoms with E-state index in [9.17, 15) is 4.79 Å². The zero-order valence-electron chi connectivity index (χ0n) is 9.16. The molecule has 0 unspecified atom stereocenters. The molecule has 1 rings (SSSR count). The molecular weight excluding hydrogens is 178 g/mol. The number of carboxylic acid groups (broad SMARTS) is 1. The van der Waals surface area contributed by atoms with Gasteiger partial charge in [0.05, 0.1) is 0 Å². The molecule has 0 fully saturated rings. The Morgan fingerprint density at radius 1 is 1.50 bits per heavy atom. The van der Waals surface area contributed by atoms with E-state index in [4.69, 9.17) is 5.11 Å². The Balaban J connectivity index is 3.18. The normalized spacial score (nSPS) is 10.9. The summed E-state index contributed by atoms with van der Waals surface area (Å²) < 4.78 is 1.88. The van der Waals surface area contributed by atoms with Crippen LogP contribution in [-0.2, 0) is 6.54 Å². The zero-order valence-corrected chi connectivity index (χ0v) is 9.16. The standard InChI is InChI=1S/C11H17NO2/c1-7(2)6-12-9(4)5-8(3)10(12)11(13)14/h5,7H,6H2,1-4H3,(H,13,14). The highest BCUT2D eigenvalue weighted by atomic mass is 16.4. The van der Waals surface area contributed by atoms with Gasteiger partial charge in [-0.2, -0.15) is 0 Å². The molecule has 0 radical (unpaired) electrons. The van der Waals surface area contributed by atoms with Crippen molar-refractivity contribution < 1.29 is 9.90 Å². The first-order valence-corrected chi connectivity index (χ1v) is 4.83. The molecule has 3 nitrogen and oxygen atoms in total. The van der Waals surface area contributed by atoms with Gasteiger partial charge in [-0.25, -0.2) is 4.79 Å². The molecule has 78 valence electrons. The third-order valence-corrected chi connectivity index (χ3v) is 2.24. The number of carbonyl (C=O) groups is 1. The Morgan fingerprint density at radius 2 is 2.07 bits per heavy atom. The van der Waals surface area contributed by atoms with Crippen LogP contribution in [0.2, 0.25) is 0 Å². The summed E-state index contributed by atoms with van der Waals surface area (Å²) in [4.78, 5) is 11.0. The van der Waals surface area contributed by atoms with Crippen molar-refractivity contribution in [3.63, 3.8) is 0 Å². The number of carboxylic acids is 1. The Hall–Kier alpha value is -1.25. The van der Waals surface area contributed by atoms with Crippen molar-refractivity contribution in [1.29, 1.82) is 0 Å². The van der Waals surface area contributed by atoms with Crippen LogP contribution in [0.15, 0.2) is 6.07 Å². The molecular formula is C11H17NO2. The van der Waals surface area contributed by atoms with Crippen LogP contribution in [0.1, 0.15) is 35.6 Å². The van der Waals surface area contributed by atoms with Crippen LogP contribution in [0.5, 0.6) is 0 Å². The Labute approximate surface area is 84.4 Å². The second kappa shape index (κ2) is 3.86. The quantitative estimate of drug-likeness (QED) is 0.805. The molecule has 0 aromatic carbocycles. The van der Waals surface area contributed by atoms with E-state index in [-0.39, 0.29) is 0 Å². The average Bonchev–Trinajstić information content (AvgIpc) is 2.25. The van der Waals surface area contributed by atoms with Gasteiger partial charge in [0.25, 0.3) is 0 Å².